The van der Waals surface area contributed by atoms with Crippen molar-refractivity contribution in [1.29, 1.82) is 0 Å². The van der Waals surface area contributed by atoms with Crippen molar-refractivity contribution < 1.29 is 19.4 Å². The first kappa shape index (κ1) is 14.7. The van der Waals surface area contributed by atoms with Crippen molar-refractivity contribution in [3.63, 3.8) is 0 Å². The molecule has 112 valence electrons. The van der Waals surface area contributed by atoms with Crippen LogP contribution in [0.5, 0.6) is 17.2 Å². The van der Waals surface area contributed by atoms with Gasteiger partial charge in [-0.1, -0.05) is 18.2 Å². The van der Waals surface area contributed by atoms with Crippen molar-refractivity contribution in [2.45, 2.75) is 6.92 Å². The van der Waals surface area contributed by atoms with Crippen molar-refractivity contribution in [3.05, 3.63) is 52.0 Å². The molecule has 1 aliphatic rings. The van der Waals surface area contributed by atoms with Crippen LogP contribution >= 0.6 is 15.9 Å². The first-order chi connectivity index (χ1) is 10.6. The summed E-state index contributed by atoms with van der Waals surface area (Å²) in [6.45, 7) is 2.27. The fraction of sp³-hybridized carbons (Fsp3) is 0.118. The summed E-state index contributed by atoms with van der Waals surface area (Å²) in [5, 5.41) is 9.94. The fourth-order valence-corrected chi connectivity index (χ4v) is 2.75. The van der Waals surface area contributed by atoms with Gasteiger partial charge in [0.05, 0.1) is 16.7 Å². The van der Waals surface area contributed by atoms with Gasteiger partial charge < -0.3 is 14.6 Å². The van der Waals surface area contributed by atoms with Gasteiger partial charge in [-0.05, 0) is 52.7 Å². The highest BCUT2D eigenvalue weighted by Gasteiger charge is 2.26. The molecular weight excluding hydrogens is 348 g/mol. The molecule has 2 aromatic carbocycles. The summed E-state index contributed by atoms with van der Waals surface area (Å²) in [6.07, 6.45) is 1.72. The van der Waals surface area contributed by atoms with E-state index in [-0.39, 0.29) is 11.7 Å². The summed E-state index contributed by atoms with van der Waals surface area (Å²) in [5.41, 5.74) is 1.97. The maximum absolute atomic E-state index is 12.0. The fourth-order valence-electron chi connectivity index (χ4n) is 2.29. The van der Waals surface area contributed by atoms with Crippen LogP contribution in [0.2, 0.25) is 0 Å². The summed E-state index contributed by atoms with van der Waals surface area (Å²) < 4.78 is 11.1. The van der Waals surface area contributed by atoms with Gasteiger partial charge in [0.15, 0.2) is 11.5 Å². The maximum Gasteiger partial charge on any atom is 0.344 e. The average molecular weight is 361 g/mol. The molecule has 0 aromatic heterocycles. The maximum atomic E-state index is 12.0. The minimum absolute atomic E-state index is 0.0402. The molecule has 1 aliphatic heterocycles. The molecule has 0 aliphatic carbocycles. The standard InChI is InChI=1S/C17H13BrO4/c1-2-21-15-9-10(8-13(18)16(15)19)7-12-11-5-3-4-6-14(11)22-17(12)20/h3-9,19H,2H2,1H3/b12-7+. The highest BCUT2D eigenvalue weighted by molar-refractivity contribution is 9.10. The predicted molar refractivity (Wildman–Crippen MR) is 86.9 cm³/mol. The predicted octanol–water partition coefficient (Wildman–Crippen LogP) is 4.01. The Hall–Kier alpha value is -2.27. The summed E-state index contributed by atoms with van der Waals surface area (Å²) in [7, 11) is 0. The van der Waals surface area contributed by atoms with Crippen LogP contribution in [0.3, 0.4) is 0 Å². The molecule has 0 radical (unpaired) electrons. The number of hydrogen-bond donors (Lipinski definition) is 1. The van der Waals surface area contributed by atoms with Crippen molar-refractivity contribution in [1.82, 2.24) is 0 Å². The average Bonchev–Trinajstić information content (AvgIpc) is 2.81. The number of carbonyl (C=O) groups is 1. The van der Waals surface area contributed by atoms with Crippen LogP contribution in [0.15, 0.2) is 40.9 Å². The molecule has 1 N–H and O–H groups in total. The second kappa shape index (κ2) is 5.85. The second-order valence-electron chi connectivity index (χ2n) is 4.73. The lowest BCUT2D eigenvalue weighted by molar-refractivity contribution is -0.126. The van der Waals surface area contributed by atoms with E-state index in [0.29, 0.717) is 28.2 Å². The van der Waals surface area contributed by atoms with E-state index >= 15 is 0 Å². The molecular formula is C17H13BrO4. The summed E-state index contributed by atoms with van der Waals surface area (Å²) in [4.78, 5) is 12.0. The Morgan fingerprint density at radius 3 is 2.86 bits per heavy atom. The minimum atomic E-state index is -0.386. The topological polar surface area (TPSA) is 55.8 Å². The number of phenolic OH excluding ortho intramolecular Hbond substituents is 1. The Labute approximate surface area is 136 Å². The molecule has 0 atom stereocenters. The first-order valence-corrected chi connectivity index (χ1v) is 7.58. The van der Waals surface area contributed by atoms with Gasteiger partial charge in [-0.15, -0.1) is 0 Å². The molecule has 4 nitrogen and oxygen atoms in total. The molecule has 0 saturated heterocycles. The lowest BCUT2D eigenvalue weighted by Crippen LogP contribution is -2.00. The number of halogens is 1. The minimum Gasteiger partial charge on any atom is -0.503 e. The number of carbonyl (C=O) groups excluding carboxylic acids is 1. The zero-order valence-electron chi connectivity index (χ0n) is 11.8. The third-order valence-corrected chi connectivity index (χ3v) is 3.87. The van der Waals surface area contributed by atoms with E-state index in [1.807, 2.05) is 25.1 Å². The van der Waals surface area contributed by atoms with Crippen LogP contribution in [0.25, 0.3) is 11.6 Å². The molecule has 2 aromatic rings. The van der Waals surface area contributed by atoms with Crippen molar-refractivity contribution in [2.75, 3.05) is 6.61 Å². The Morgan fingerprint density at radius 2 is 2.09 bits per heavy atom. The number of esters is 1. The molecule has 1 heterocycles. The summed E-state index contributed by atoms with van der Waals surface area (Å²) in [6, 6.07) is 10.7. The third-order valence-electron chi connectivity index (χ3n) is 3.26. The Kier molecular flexibility index (Phi) is 3.90. The molecule has 0 spiro atoms. The number of rotatable bonds is 3. The Balaban J connectivity index is 2.07. The normalized spacial score (nSPS) is 14.8. The molecule has 0 unspecified atom stereocenters. The quantitative estimate of drug-likeness (QED) is 0.510. The van der Waals surface area contributed by atoms with E-state index < -0.39 is 0 Å². The van der Waals surface area contributed by atoms with Gasteiger partial charge in [0.2, 0.25) is 0 Å². The number of para-hydroxylation sites is 1. The third kappa shape index (κ3) is 2.60. The number of phenols is 1. The van der Waals surface area contributed by atoms with Gasteiger partial charge in [0.25, 0.3) is 0 Å². The van der Waals surface area contributed by atoms with E-state index in [0.717, 1.165) is 11.1 Å². The highest BCUT2D eigenvalue weighted by Crippen LogP contribution is 2.39. The molecule has 22 heavy (non-hydrogen) atoms. The SMILES string of the molecule is CCOc1cc(/C=C2/C(=O)Oc3ccccc32)cc(Br)c1O. The Morgan fingerprint density at radius 1 is 1.32 bits per heavy atom. The summed E-state index contributed by atoms with van der Waals surface area (Å²) in [5.74, 6) is 0.576. The first-order valence-electron chi connectivity index (χ1n) is 6.78. The van der Waals surface area contributed by atoms with Crippen molar-refractivity contribution in [2.24, 2.45) is 0 Å². The van der Waals surface area contributed by atoms with Gasteiger partial charge >= 0.3 is 5.97 Å². The van der Waals surface area contributed by atoms with E-state index in [9.17, 15) is 9.90 Å². The van der Waals surface area contributed by atoms with Crippen LogP contribution in [0.1, 0.15) is 18.1 Å². The van der Waals surface area contributed by atoms with Gasteiger partial charge in [0.1, 0.15) is 5.75 Å². The zero-order valence-corrected chi connectivity index (χ0v) is 13.4. The van der Waals surface area contributed by atoms with Gasteiger partial charge in [-0.2, -0.15) is 0 Å². The number of fused-ring (bicyclic) bond motifs is 1. The van der Waals surface area contributed by atoms with E-state index in [1.54, 1.807) is 24.3 Å². The van der Waals surface area contributed by atoms with E-state index in [4.69, 9.17) is 9.47 Å². The molecule has 0 amide bonds. The molecule has 0 bridgehead atoms. The monoisotopic (exact) mass is 360 g/mol. The number of benzene rings is 2. The largest absolute Gasteiger partial charge is 0.503 e. The lowest BCUT2D eigenvalue weighted by Gasteiger charge is -2.09. The number of hydrogen-bond acceptors (Lipinski definition) is 4. The molecule has 5 heteroatoms. The highest BCUT2D eigenvalue weighted by atomic mass is 79.9. The van der Waals surface area contributed by atoms with Crippen LogP contribution in [-0.2, 0) is 4.79 Å². The van der Waals surface area contributed by atoms with Crippen LogP contribution in [0, 0.1) is 0 Å². The van der Waals surface area contributed by atoms with Crippen LogP contribution < -0.4 is 9.47 Å². The van der Waals surface area contributed by atoms with E-state index in [1.165, 1.54) is 0 Å². The van der Waals surface area contributed by atoms with Gasteiger partial charge in [0, 0.05) is 5.56 Å². The van der Waals surface area contributed by atoms with E-state index in [2.05, 4.69) is 15.9 Å². The molecule has 0 saturated carbocycles. The smallest absolute Gasteiger partial charge is 0.344 e. The zero-order chi connectivity index (χ0) is 15.7. The number of ether oxygens (including phenoxy) is 2. The number of aromatic hydroxyl groups is 1. The second-order valence-corrected chi connectivity index (χ2v) is 5.58. The van der Waals surface area contributed by atoms with Crippen LogP contribution in [0.4, 0.5) is 0 Å². The van der Waals surface area contributed by atoms with Gasteiger partial charge in [-0.25, -0.2) is 4.79 Å². The molecule has 3 rings (SSSR count). The lowest BCUT2D eigenvalue weighted by atomic mass is 10.0. The molecule has 0 fully saturated rings. The van der Waals surface area contributed by atoms with Gasteiger partial charge in [-0.3, -0.25) is 0 Å². The van der Waals surface area contributed by atoms with Crippen LogP contribution in [-0.4, -0.2) is 17.7 Å². The van der Waals surface area contributed by atoms with Crippen molar-refractivity contribution >= 4 is 33.5 Å². The summed E-state index contributed by atoms with van der Waals surface area (Å²) >= 11 is 3.29. The van der Waals surface area contributed by atoms with Crippen molar-refractivity contribution in [3.8, 4) is 17.2 Å². The Bertz CT molecular complexity index is 780.